The quantitative estimate of drug-likeness (QED) is 0.146. The SMILES string of the molecule is [B]=Bc1ccc2c(c1)C(CCCCCCCC)(CCCCCCCC)c1cc([B]B3C(C)(C)C3(C)C)ccc1-2. The minimum absolute atomic E-state index is 0.109. The summed E-state index contributed by atoms with van der Waals surface area (Å²) >= 11 is 0. The standard InChI is InChI=1S/C35H52B4/c1-7-9-11-13-15-17-23-35(24-18-16-14-12-10-8-2)31-25-27(37-36)19-21-29(31)30-22-20-28(26-32(30)35)38-39-33(3,4)34(39,5)6/h19-22,25-26H,7-18,23-24H2,1-6H3. The molecular formula is C35H52B4. The zero-order valence-electron chi connectivity index (χ0n) is 26.2. The number of unbranched alkanes of at least 4 members (excludes halogenated alkanes) is 10. The van der Waals surface area contributed by atoms with Crippen LogP contribution in [0.25, 0.3) is 11.1 Å². The van der Waals surface area contributed by atoms with E-state index in [2.05, 4.69) is 85.1 Å². The van der Waals surface area contributed by atoms with Crippen LogP contribution in [0.5, 0.6) is 0 Å². The van der Waals surface area contributed by atoms with E-state index in [4.69, 9.17) is 7.37 Å². The van der Waals surface area contributed by atoms with Gasteiger partial charge in [-0.25, -0.2) is 0 Å². The van der Waals surface area contributed by atoms with Crippen molar-refractivity contribution < 1.29 is 0 Å². The average Bonchev–Trinajstić information content (AvgIpc) is 3.18. The van der Waals surface area contributed by atoms with E-state index in [-0.39, 0.29) is 5.41 Å². The molecule has 0 saturated carbocycles. The van der Waals surface area contributed by atoms with Crippen LogP contribution < -0.4 is 10.9 Å². The Balaban J connectivity index is 1.67. The molecule has 1 heterocycles. The Morgan fingerprint density at radius 2 is 1.05 bits per heavy atom. The van der Waals surface area contributed by atoms with E-state index in [1.165, 1.54) is 106 Å². The molecular weight excluding hydrogens is 464 g/mol. The maximum atomic E-state index is 6.08. The van der Waals surface area contributed by atoms with Crippen LogP contribution in [-0.2, 0) is 5.41 Å². The summed E-state index contributed by atoms with van der Waals surface area (Å²) in [6.07, 6.45) is 18.7. The predicted octanol–water partition coefficient (Wildman–Crippen LogP) is 8.76. The van der Waals surface area contributed by atoms with E-state index < -0.39 is 0 Å². The molecule has 1 saturated heterocycles. The van der Waals surface area contributed by atoms with Crippen molar-refractivity contribution in [2.75, 3.05) is 0 Å². The van der Waals surface area contributed by atoms with Crippen molar-refractivity contribution in [1.82, 2.24) is 0 Å². The van der Waals surface area contributed by atoms with Crippen molar-refractivity contribution in [3.63, 3.8) is 0 Å². The molecule has 1 fully saturated rings. The zero-order valence-corrected chi connectivity index (χ0v) is 26.2. The Bertz CT molecular complexity index is 1090. The molecule has 0 bridgehead atoms. The Kier molecular flexibility index (Phi) is 10.3. The van der Waals surface area contributed by atoms with Crippen LogP contribution in [0.15, 0.2) is 36.4 Å². The second kappa shape index (κ2) is 13.1. The average molecular weight is 516 g/mol. The van der Waals surface area contributed by atoms with Gasteiger partial charge < -0.3 is 0 Å². The van der Waals surface area contributed by atoms with Gasteiger partial charge in [0.15, 0.2) is 0 Å². The van der Waals surface area contributed by atoms with E-state index in [9.17, 15) is 0 Å². The Morgan fingerprint density at radius 3 is 1.51 bits per heavy atom. The molecule has 204 valence electrons. The summed E-state index contributed by atoms with van der Waals surface area (Å²) in [6, 6.07) is 14.4. The summed E-state index contributed by atoms with van der Waals surface area (Å²) < 4.78 is 0. The molecule has 2 aromatic carbocycles. The molecule has 0 nitrogen and oxygen atoms in total. The zero-order chi connectivity index (χ0) is 28.1. The van der Waals surface area contributed by atoms with Gasteiger partial charge in [0.05, 0.1) is 0 Å². The minimum atomic E-state index is 0.109. The number of rotatable bonds is 17. The summed E-state index contributed by atoms with van der Waals surface area (Å²) in [5, 5.41) is 0.740. The molecule has 0 unspecified atom stereocenters. The monoisotopic (exact) mass is 516 g/mol. The molecule has 0 amide bonds. The van der Waals surface area contributed by atoms with Crippen LogP contribution in [0.4, 0.5) is 0 Å². The fraction of sp³-hybridized carbons (Fsp3) is 0.657. The van der Waals surface area contributed by atoms with Crippen LogP contribution in [-0.4, -0.2) is 27.9 Å². The molecule has 2 aromatic rings. The summed E-state index contributed by atoms with van der Waals surface area (Å²) in [5.41, 5.74) is 8.75. The van der Waals surface area contributed by atoms with Crippen LogP contribution in [0.1, 0.15) is 143 Å². The molecule has 4 rings (SSSR count). The van der Waals surface area contributed by atoms with E-state index in [0.29, 0.717) is 17.2 Å². The van der Waals surface area contributed by atoms with Crippen LogP contribution >= 0.6 is 0 Å². The first-order chi connectivity index (χ1) is 18.7. The van der Waals surface area contributed by atoms with Crippen LogP contribution in [0.2, 0.25) is 10.6 Å². The molecule has 1 aliphatic carbocycles. The van der Waals surface area contributed by atoms with Gasteiger partial charge in [0.2, 0.25) is 0 Å². The van der Waals surface area contributed by atoms with Gasteiger partial charge in [-0.3, -0.25) is 0 Å². The third-order valence-electron chi connectivity index (χ3n) is 11.0. The Hall–Kier alpha value is -1.30. The topological polar surface area (TPSA) is 0 Å². The van der Waals surface area contributed by atoms with Crippen molar-refractivity contribution in [3.05, 3.63) is 47.5 Å². The van der Waals surface area contributed by atoms with Gasteiger partial charge in [-0.05, 0) is 0 Å². The second-order valence-corrected chi connectivity index (χ2v) is 14.0. The maximum absolute atomic E-state index is 6.08. The van der Waals surface area contributed by atoms with Gasteiger partial charge in [0.1, 0.15) is 0 Å². The van der Waals surface area contributed by atoms with Gasteiger partial charge >= 0.3 is 245 Å². The van der Waals surface area contributed by atoms with E-state index in [0.717, 1.165) is 5.46 Å². The molecule has 39 heavy (non-hydrogen) atoms. The van der Waals surface area contributed by atoms with Crippen molar-refractivity contribution in [3.8, 4) is 11.1 Å². The first kappa shape index (κ1) is 30.7. The Morgan fingerprint density at radius 1 is 0.615 bits per heavy atom. The van der Waals surface area contributed by atoms with Crippen molar-refractivity contribution in [1.29, 1.82) is 0 Å². The molecule has 2 aliphatic rings. The van der Waals surface area contributed by atoms with Gasteiger partial charge in [-0.2, -0.15) is 0 Å². The summed E-state index contributed by atoms with van der Waals surface area (Å²) in [7, 11) is 8.67. The van der Waals surface area contributed by atoms with Crippen molar-refractivity contribution in [2.24, 2.45) is 0 Å². The van der Waals surface area contributed by atoms with Gasteiger partial charge in [-0.1, -0.05) is 0 Å². The molecule has 1 aliphatic heterocycles. The first-order valence-electron chi connectivity index (χ1n) is 16.4. The third kappa shape index (κ3) is 6.31. The van der Waals surface area contributed by atoms with Gasteiger partial charge in [0.25, 0.3) is 0 Å². The third-order valence-corrected chi connectivity index (χ3v) is 11.0. The number of benzene rings is 2. The van der Waals surface area contributed by atoms with Crippen molar-refractivity contribution >= 4 is 38.9 Å². The normalized spacial score (nSPS) is 17.4. The summed E-state index contributed by atoms with van der Waals surface area (Å²) in [4.78, 5) is 0. The summed E-state index contributed by atoms with van der Waals surface area (Å²) in [5.74, 6) is 0. The summed E-state index contributed by atoms with van der Waals surface area (Å²) in [6.45, 7) is 16.8. The first-order valence-corrected chi connectivity index (χ1v) is 16.4. The van der Waals surface area contributed by atoms with E-state index in [1.807, 2.05) is 0 Å². The van der Waals surface area contributed by atoms with E-state index in [1.54, 1.807) is 17.9 Å². The number of hydrogen-bond donors (Lipinski definition) is 0. The molecule has 0 N–H and O–H groups in total. The van der Waals surface area contributed by atoms with Gasteiger partial charge in [-0.15, -0.1) is 0 Å². The fourth-order valence-corrected chi connectivity index (χ4v) is 7.67. The van der Waals surface area contributed by atoms with Crippen molar-refractivity contribution in [2.45, 2.75) is 147 Å². The Labute approximate surface area is 244 Å². The second-order valence-electron chi connectivity index (χ2n) is 14.0. The number of hydrogen-bond acceptors (Lipinski definition) is 0. The molecule has 0 spiro atoms. The van der Waals surface area contributed by atoms with E-state index >= 15 is 0 Å². The molecule has 2 radical (unpaired) electrons. The molecule has 0 aromatic heterocycles. The number of fused-ring (bicyclic) bond motifs is 3. The molecule has 4 heteroatoms. The van der Waals surface area contributed by atoms with Crippen LogP contribution in [0, 0.1) is 0 Å². The molecule has 0 atom stereocenters. The fourth-order valence-electron chi connectivity index (χ4n) is 7.67. The predicted molar refractivity (Wildman–Crippen MR) is 179 cm³/mol. The van der Waals surface area contributed by atoms with Gasteiger partial charge in [0, 0.05) is 0 Å². The van der Waals surface area contributed by atoms with Crippen LogP contribution in [0.3, 0.4) is 0 Å².